The topological polar surface area (TPSA) is 77.2 Å². The van der Waals surface area contributed by atoms with Crippen molar-refractivity contribution < 1.29 is 9.53 Å². The number of methoxy groups -OCH3 is 1. The van der Waals surface area contributed by atoms with Gasteiger partial charge in [0.05, 0.1) is 12.8 Å². The molecular weight excluding hydrogens is 242 g/mol. The second-order valence-corrected chi connectivity index (χ2v) is 3.91. The number of amides is 1. The summed E-state index contributed by atoms with van der Waals surface area (Å²) in [5, 5.41) is 2.76. The van der Waals surface area contributed by atoms with Crippen molar-refractivity contribution >= 4 is 11.6 Å². The molecule has 0 spiro atoms. The number of nitrogens with two attached hydrogens (primary N) is 1. The maximum absolute atomic E-state index is 12.1. The van der Waals surface area contributed by atoms with Gasteiger partial charge in [0, 0.05) is 12.7 Å². The molecule has 0 aliphatic heterocycles. The maximum Gasteiger partial charge on any atom is 0.274 e. The number of carbonyl (C=O) groups excluding carboxylic acids is 1. The number of aromatic nitrogens is 1. The first-order valence-electron chi connectivity index (χ1n) is 5.84. The van der Waals surface area contributed by atoms with Crippen LogP contribution >= 0.6 is 0 Å². The predicted octanol–water partition coefficient (Wildman–Crippen LogP) is 1.80. The van der Waals surface area contributed by atoms with Gasteiger partial charge in [-0.3, -0.25) is 9.78 Å². The number of para-hydroxylation sites is 2. The number of hydrogen-bond acceptors (Lipinski definition) is 4. The van der Waals surface area contributed by atoms with Crippen LogP contribution in [0.4, 0.5) is 5.69 Å². The third-order valence-electron chi connectivity index (χ3n) is 2.65. The van der Waals surface area contributed by atoms with Gasteiger partial charge in [-0.1, -0.05) is 12.1 Å². The SMILES string of the molecule is COc1ccccc1NC(=O)c1cc(CN)ccn1. The van der Waals surface area contributed by atoms with Gasteiger partial charge in [-0.2, -0.15) is 0 Å². The van der Waals surface area contributed by atoms with Gasteiger partial charge in [0.15, 0.2) is 0 Å². The molecule has 1 aromatic heterocycles. The minimum Gasteiger partial charge on any atom is -0.495 e. The molecule has 0 saturated heterocycles. The van der Waals surface area contributed by atoms with Gasteiger partial charge >= 0.3 is 0 Å². The largest absolute Gasteiger partial charge is 0.495 e. The predicted molar refractivity (Wildman–Crippen MR) is 73.1 cm³/mol. The lowest BCUT2D eigenvalue weighted by Crippen LogP contribution is -2.15. The summed E-state index contributed by atoms with van der Waals surface area (Å²) in [6.45, 7) is 0.372. The van der Waals surface area contributed by atoms with Gasteiger partial charge in [-0.05, 0) is 29.8 Å². The Kier molecular flexibility index (Phi) is 4.10. The van der Waals surface area contributed by atoms with Gasteiger partial charge < -0.3 is 15.8 Å². The van der Waals surface area contributed by atoms with Gasteiger partial charge in [-0.15, -0.1) is 0 Å². The molecule has 0 fully saturated rings. The Bertz CT molecular complexity index is 584. The minimum absolute atomic E-state index is 0.292. The van der Waals surface area contributed by atoms with E-state index in [2.05, 4.69) is 10.3 Å². The molecule has 0 saturated carbocycles. The van der Waals surface area contributed by atoms with Crippen molar-refractivity contribution in [1.82, 2.24) is 4.98 Å². The molecule has 19 heavy (non-hydrogen) atoms. The van der Waals surface area contributed by atoms with E-state index >= 15 is 0 Å². The van der Waals surface area contributed by atoms with E-state index < -0.39 is 0 Å². The fraction of sp³-hybridized carbons (Fsp3) is 0.143. The van der Waals surface area contributed by atoms with E-state index in [1.54, 1.807) is 37.6 Å². The molecule has 1 heterocycles. The van der Waals surface area contributed by atoms with E-state index in [-0.39, 0.29) is 5.91 Å². The Labute approximate surface area is 111 Å². The maximum atomic E-state index is 12.1. The quantitative estimate of drug-likeness (QED) is 0.875. The molecular formula is C14H15N3O2. The highest BCUT2D eigenvalue weighted by Gasteiger charge is 2.10. The molecule has 0 aliphatic carbocycles. The van der Waals surface area contributed by atoms with Crippen molar-refractivity contribution in [2.75, 3.05) is 12.4 Å². The van der Waals surface area contributed by atoms with Crippen molar-refractivity contribution in [2.45, 2.75) is 6.54 Å². The Morgan fingerprint density at radius 1 is 1.37 bits per heavy atom. The standard InChI is InChI=1S/C14H15N3O2/c1-19-13-5-3-2-4-11(13)17-14(18)12-8-10(9-15)6-7-16-12/h2-8H,9,15H2,1H3,(H,17,18). The number of anilines is 1. The number of benzene rings is 1. The van der Waals surface area contributed by atoms with Gasteiger partial charge in [0.25, 0.3) is 5.91 Å². The molecule has 1 amide bonds. The van der Waals surface area contributed by atoms with Crippen LogP contribution in [-0.2, 0) is 6.54 Å². The number of nitrogens with zero attached hydrogens (tertiary/aromatic N) is 1. The molecule has 2 rings (SSSR count). The van der Waals surface area contributed by atoms with E-state index in [9.17, 15) is 4.79 Å². The minimum atomic E-state index is -0.292. The van der Waals surface area contributed by atoms with Crippen LogP contribution in [0.3, 0.4) is 0 Å². The van der Waals surface area contributed by atoms with Gasteiger partial charge in [0.2, 0.25) is 0 Å². The molecule has 0 bridgehead atoms. The normalized spacial score (nSPS) is 10.0. The van der Waals surface area contributed by atoms with Gasteiger partial charge in [0.1, 0.15) is 11.4 Å². The number of ether oxygens (including phenoxy) is 1. The van der Waals surface area contributed by atoms with Crippen LogP contribution in [0.2, 0.25) is 0 Å². The van der Waals surface area contributed by atoms with Crippen LogP contribution in [-0.4, -0.2) is 18.0 Å². The molecule has 0 aliphatic rings. The van der Waals surface area contributed by atoms with Crippen LogP contribution in [0.5, 0.6) is 5.75 Å². The summed E-state index contributed by atoms with van der Waals surface area (Å²) >= 11 is 0. The number of hydrogen-bond donors (Lipinski definition) is 2. The third kappa shape index (κ3) is 3.08. The molecule has 3 N–H and O–H groups in total. The second-order valence-electron chi connectivity index (χ2n) is 3.91. The summed E-state index contributed by atoms with van der Waals surface area (Å²) in [4.78, 5) is 16.1. The Morgan fingerprint density at radius 2 is 2.16 bits per heavy atom. The average molecular weight is 257 g/mol. The fourth-order valence-corrected chi connectivity index (χ4v) is 1.66. The van der Waals surface area contributed by atoms with Crippen molar-refractivity contribution in [1.29, 1.82) is 0 Å². The Balaban J connectivity index is 2.20. The molecule has 0 radical (unpaired) electrons. The molecule has 98 valence electrons. The van der Waals surface area contributed by atoms with Crippen LogP contribution < -0.4 is 15.8 Å². The highest BCUT2D eigenvalue weighted by molar-refractivity contribution is 6.03. The first-order chi connectivity index (χ1) is 9.24. The summed E-state index contributed by atoms with van der Waals surface area (Å²) in [6, 6.07) is 10.6. The fourth-order valence-electron chi connectivity index (χ4n) is 1.66. The number of carbonyl (C=O) groups is 1. The van der Waals surface area contributed by atoms with Crippen molar-refractivity contribution in [3.05, 3.63) is 53.9 Å². The molecule has 5 heteroatoms. The number of rotatable bonds is 4. The summed E-state index contributed by atoms with van der Waals surface area (Å²) in [5.41, 5.74) is 7.33. The van der Waals surface area contributed by atoms with Crippen molar-refractivity contribution in [2.24, 2.45) is 5.73 Å². The number of nitrogens with one attached hydrogen (secondary N) is 1. The van der Waals surface area contributed by atoms with E-state index in [0.29, 0.717) is 23.7 Å². The van der Waals surface area contributed by atoms with E-state index in [1.165, 1.54) is 0 Å². The zero-order valence-corrected chi connectivity index (χ0v) is 10.6. The first kappa shape index (κ1) is 13.0. The van der Waals surface area contributed by atoms with Crippen molar-refractivity contribution in [3.63, 3.8) is 0 Å². The lowest BCUT2D eigenvalue weighted by atomic mass is 10.2. The second kappa shape index (κ2) is 5.97. The zero-order chi connectivity index (χ0) is 13.7. The average Bonchev–Trinajstić information content (AvgIpc) is 2.47. The van der Waals surface area contributed by atoms with Crippen molar-refractivity contribution in [3.8, 4) is 5.75 Å². The van der Waals surface area contributed by atoms with E-state index in [4.69, 9.17) is 10.5 Å². The van der Waals surface area contributed by atoms with Gasteiger partial charge in [-0.25, -0.2) is 0 Å². The Hall–Kier alpha value is -2.40. The van der Waals surface area contributed by atoms with E-state index in [0.717, 1.165) is 5.56 Å². The smallest absolute Gasteiger partial charge is 0.274 e. The zero-order valence-electron chi connectivity index (χ0n) is 10.6. The molecule has 1 aromatic carbocycles. The first-order valence-corrected chi connectivity index (χ1v) is 5.84. The summed E-state index contributed by atoms with van der Waals surface area (Å²) in [5.74, 6) is 0.311. The van der Waals surface area contributed by atoms with Crippen LogP contribution in [0.1, 0.15) is 16.1 Å². The summed E-state index contributed by atoms with van der Waals surface area (Å²) in [6.07, 6.45) is 1.57. The molecule has 0 unspecified atom stereocenters. The van der Waals surface area contributed by atoms with Crippen LogP contribution in [0.15, 0.2) is 42.6 Å². The highest BCUT2D eigenvalue weighted by atomic mass is 16.5. The molecule has 0 atom stereocenters. The monoisotopic (exact) mass is 257 g/mol. The number of pyridine rings is 1. The van der Waals surface area contributed by atoms with E-state index in [1.807, 2.05) is 12.1 Å². The summed E-state index contributed by atoms with van der Waals surface area (Å²) in [7, 11) is 1.55. The third-order valence-corrected chi connectivity index (χ3v) is 2.65. The van der Waals surface area contributed by atoms with Crippen LogP contribution in [0.25, 0.3) is 0 Å². The summed E-state index contributed by atoms with van der Waals surface area (Å²) < 4.78 is 5.17. The molecule has 5 nitrogen and oxygen atoms in total. The highest BCUT2D eigenvalue weighted by Crippen LogP contribution is 2.23. The molecule has 2 aromatic rings. The Morgan fingerprint density at radius 3 is 2.89 bits per heavy atom. The lowest BCUT2D eigenvalue weighted by molar-refractivity contribution is 0.102. The lowest BCUT2D eigenvalue weighted by Gasteiger charge is -2.09. The van der Waals surface area contributed by atoms with Crippen LogP contribution in [0, 0.1) is 0 Å².